The van der Waals surface area contributed by atoms with Crippen LogP contribution in [0.2, 0.25) is 0 Å². The Morgan fingerprint density at radius 2 is 1.78 bits per heavy atom. The van der Waals surface area contributed by atoms with E-state index in [2.05, 4.69) is 23.5 Å². The quantitative estimate of drug-likeness (QED) is 0.821. The van der Waals surface area contributed by atoms with Crippen LogP contribution in [0, 0.1) is 0 Å². The van der Waals surface area contributed by atoms with Gasteiger partial charge >= 0.3 is 0 Å². The monoisotopic (exact) mass is 263 g/mol. The van der Waals surface area contributed by atoms with E-state index in [1.54, 1.807) is 6.07 Å². The van der Waals surface area contributed by atoms with E-state index < -0.39 is 0 Å². The molecule has 0 amide bonds. The average molecular weight is 264 g/mol. The molecule has 1 heterocycles. The molecule has 18 heavy (non-hydrogen) atoms. The predicted molar refractivity (Wildman–Crippen MR) is 77.5 cm³/mol. The van der Waals surface area contributed by atoms with Gasteiger partial charge < -0.3 is 10.4 Å². The fourth-order valence-corrected chi connectivity index (χ4v) is 2.60. The highest BCUT2D eigenvalue weighted by atomic mass is 35.5. The number of piperidine rings is 1. The van der Waals surface area contributed by atoms with E-state index in [0.717, 1.165) is 11.9 Å². The SMILES string of the molecule is Cl.Oc1ccc2cc([C@@H]3CCCCN3)ccc2c1. The topological polar surface area (TPSA) is 32.3 Å². The first-order valence-corrected chi connectivity index (χ1v) is 6.29. The average Bonchev–Trinajstić information content (AvgIpc) is 2.39. The van der Waals surface area contributed by atoms with Crippen LogP contribution in [0.15, 0.2) is 36.4 Å². The molecule has 0 unspecified atom stereocenters. The smallest absolute Gasteiger partial charge is 0.116 e. The van der Waals surface area contributed by atoms with Crippen molar-refractivity contribution in [2.75, 3.05) is 6.54 Å². The van der Waals surface area contributed by atoms with Gasteiger partial charge in [0, 0.05) is 6.04 Å². The number of hydrogen-bond donors (Lipinski definition) is 2. The van der Waals surface area contributed by atoms with Gasteiger partial charge in [0.25, 0.3) is 0 Å². The molecular formula is C15H18ClNO. The Hall–Kier alpha value is -1.25. The van der Waals surface area contributed by atoms with Gasteiger partial charge in [-0.05, 0) is 53.9 Å². The molecule has 0 bridgehead atoms. The van der Waals surface area contributed by atoms with Crippen LogP contribution in [0.25, 0.3) is 10.8 Å². The lowest BCUT2D eigenvalue weighted by Crippen LogP contribution is -2.26. The van der Waals surface area contributed by atoms with Crippen molar-refractivity contribution in [1.82, 2.24) is 5.32 Å². The molecule has 0 spiro atoms. The molecule has 2 nitrogen and oxygen atoms in total. The zero-order valence-corrected chi connectivity index (χ0v) is 11.0. The van der Waals surface area contributed by atoms with Crippen molar-refractivity contribution in [3.05, 3.63) is 42.0 Å². The number of phenolic OH excluding ortho intramolecular Hbond substituents is 1. The number of aromatic hydroxyl groups is 1. The van der Waals surface area contributed by atoms with E-state index in [-0.39, 0.29) is 12.4 Å². The highest BCUT2D eigenvalue weighted by Crippen LogP contribution is 2.27. The zero-order chi connectivity index (χ0) is 11.7. The first-order chi connectivity index (χ1) is 8.33. The van der Waals surface area contributed by atoms with Gasteiger partial charge in [0.2, 0.25) is 0 Å². The lowest BCUT2D eigenvalue weighted by Gasteiger charge is -2.24. The summed E-state index contributed by atoms with van der Waals surface area (Å²) in [5, 5.41) is 15.3. The summed E-state index contributed by atoms with van der Waals surface area (Å²) in [5.74, 6) is 0.334. The summed E-state index contributed by atoms with van der Waals surface area (Å²) < 4.78 is 0. The van der Waals surface area contributed by atoms with Crippen LogP contribution in [0.3, 0.4) is 0 Å². The molecule has 1 aliphatic rings. The lowest BCUT2D eigenvalue weighted by atomic mass is 9.95. The van der Waals surface area contributed by atoms with Crippen LogP contribution in [0.4, 0.5) is 0 Å². The Morgan fingerprint density at radius 3 is 2.56 bits per heavy atom. The largest absolute Gasteiger partial charge is 0.508 e. The van der Waals surface area contributed by atoms with Crippen LogP contribution in [0.1, 0.15) is 30.9 Å². The van der Waals surface area contributed by atoms with Crippen LogP contribution < -0.4 is 5.32 Å². The first kappa shape index (κ1) is 13.2. The van der Waals surface area contributed by atoms with Crippen LogP contribution in [-0.2, 0) is 0 Å². The third-order valence-corrected chi connectivity index (χ3v) is 3.56. The molecule has 3 heteroatoms. The highest BCUT2D eigenvalue weighted by molar-refractivity contribution is 5.85. The lowest BCUT2D eigenvalue weighted by molar-refractivity contribution is 0.412. The van der Waals surface area contributed by atoms with Crippen LogP contribution in [-0.4, -0.2) is 11.7 Å². The molecule has 0 aromatic heterocycles. The maximum atomic E-state index is 9.44. The van der Waals surface area contributed by atoms with E-state index in [0.29, 0.717) is 11.8 Å². The Kier molecular flexibility index (Phi) is 4.10. The van der Waals surface area contributed by atoms with Crippen LogP contribution in [0.5, 0.6) is 5.75 Å². The Morgan fingerprint density at radius 1 is 1.00 bits per heavy atom. The highest BCUT2D eigenvalue weighted by Gasteiger charge is 2.14. The molecule has 3 rings (SSSR count). The number of rotatable bonds is 1. The number of benzene rings is 2. The normalized spacial score (nSPS) is 19.4. The standard InChI is InChI=1S/C15H17NO.ClH/c17-14-7-6-11-9-13(5-4-12(11)10-14)15-3-1-2-8-16-15;/h4-7,9-10,15-17H,1-3,8H2;1H/t15-;/m0./s1. The third-order valence-electron chi connectivity index (χ3n) is 3.56. The number of phenols is 1. The molecule has 1 saturated heterocycles. The van der Waals surface area contributed by atoms with Gasteiger partial charge in [0.05, 0.1) is 0 Å². The van der Waals surface area contributed by atoms with E-state index in [4.69, 9.17) is 0 Å². The zero-order valence-electron chi connectivity index (χ0n) is 10.2. The minimum Gasteiger partial charge on any atom is -0.508 e. The summed E-state index contributed by atoms with van der Waals surface area (Å²) in [7, 11) is 0. The summed E-state index contributed by atoms with van der Waals surface area (Å²) in [4.78, 5) is 0. The maximum absolute atomic E-state index is 9.44. The van der Waals surface area contributed by atoms with E-state index >= 15 is 0 Å². The molecular weight excluding hydrogens is 246 g/mol. The summed E-state index contributed by atoms with van der Waals surface area (Å²) in [6, 6.07) is 12.6. The summed E-state index contributed by atoms with van der Waals surface area (Å²) in [5.41, 5.74) is 1.36. The number of hydrogen-bond acceptors (Lipinski definition) is 2. The second-order valence-electron chi connectivity index (χ2n) is 4.79. The summed E-state index contributed by atoms with van der Waals surface area (Å²) >= 11 is 0. The van der Waals surface area contributed by atoms with Crippen molar-refractivity contribution >= 4 is 23.2 Å². The van der Waals surface area contributed by atoms with Gasteiger partial charge in [-0.15, -0.1) is 12.4 Å². The fourth-order valence-electron chi connectivity index (χ4n) is 2.60. The summed E-state index contributed by atoms with van der Waals surface area (Å²) in [6.45, 7) is 1.12. The Balaban J connectivity index is 0.00000120. The molecule has 0 aliphatic carbocycles. The summed E-state index contributed by atoms with van der Waals surface area (Å²) in [6.07, 6.45) is 3.83. The van der Waals surface area contributed by atoms with Crippen LogP contribution >= 0.6 is 12.4 Å². The van der Waals surface area contributed by atoms with Gasteiger partial charge in [0.1, 0.15) is 5.75 Å². The van der Waals surface area contributed by atoms with E-state index in [1.807, 2.05) is 12.1 Å². The number of nitrogens with one attached hydrogen (secondary N) is 1. The van der Waals surface area contributed by atoms with Gasteiger partial charge in [-0.25, -0.2) is 0 Å². The molecule has 2 N–H and O–H groups in total. The number of fused-ring (bicyclic) bond motifs is 1. The van der Waals surface area contributed by atoms with Crippen molar-refractivity contribution in [2.45, 2.75) is 25.3 Å². The van der Waals surface area contributed by atoms with Crippen molar-refractivity contribution in [1.29, 1.82) is 0 Å². The first-order valence-electron chi connectivity index (χ1n) is 6.29. The minimum atomic E-state index is 0. The fraction of sp³-hybridized carbons (Fsp3) is 0.333. The van der Waals surface area contributed by atoms with E-state index in [9.17, 15) is 5.11 Å². The van der Waals surface area contributed by atoms with Crippen molar-refractivity contribution in [2.24, 2.45) is 0 Å². The molecule has 2 aromatic carbocycles. The second kappa shape index (κ2) is 5.59. The van der Waals surface area contributed by atoms with Crippen molar-refractivity contribution in [3.8, 4) is 5.75 Å². The molecule has 2 aromatic rings. The number of halogens is 1. The second-order valence-corrected chi connectivity index (χ2v) is 4.79. The van der Waals surface area contributed by atoms with Crippen molar-refractivity contribution in [3.63, 3.8) is 0 Å². The van der Waals surface area contributed by atoms with Gasteiger partial charge in [-0.1, -0.05) is 24.6 Å². The minimum absolute atomic E-state index is 0. The maximum Gasteiger partial charge on any atom is 0.116 e. The van der Waals surface area contributed by atoms with Crippen molar-refractivity contribution < 1.29 is 5.11 Å². The Bertz CT molecular complexity index is 535. The molecule has 96 valence electrons. The molecule has 1 aliphatic heterocycles. The molecule has 0 saturated carbocycles. The third kappa shape index (κ3) is 2.60. The molecule has 1 atom stereocenters. The van der Waals surface area contributed by atoms with Gasteiger partial charge in [0.15, 0.2) is 0 Å². The molecule has 0 radical (unpaired) electrons. The Labute approximate surface area is 113 Å². The van der Waals surface area contributed by atoms with E-state index in [1.165, 1.54) is 30.2 Å². The molecule has 1 fully saturated rings. The predicted octanol–water partition coefficient (Wildman–Crippen LogP) is 3.78. The van der Waals surface area contributed by atoms with Gasteiger partial charge in [-0.2, -0.15) is 0 Å². The van der Waals surface area contributed by atoms with Gasteiger partial charge in [-0.3, -0.25) is 0 Å².